The van der Waals surface area contributed by atoms with Crippen molar-refractivity contribution < 1.29 is 4.48 Å². The maximum atomic E-state index is 3.74. The van der Waals surface area contributed by atoms with E-state index in [1.807, 2.05) is 0 Å². The molecule has 0 saturated heterocycles. The lowest BCUT2D eigenvalue weighted by Gasteiger charge is -2.14. The van der Waals surface area contributed by atoms with Crippen LogP contribution in [0.4, 0.5) is 0 Å². The summed E-state index contributed by atoms with van der Waals surface area (Å²) in [6.45, 7) is 7.97. The monoisotopic (exact) mass is 158 g/mol. The van der Waals surface area contributed by atoms with Crippen LogP contribution in [0.25, 0.3) is 0 Å². The van der Waals surface area contributed by atoms with Crippen molar-refractivity contribution in [3.05, 3.63) is 12.2 Å². The minimum atomic E-state index is 1.00. The van der Waals surface area contributed by atoms with Crippen molar-refractivity contribution in [2.75, 3.05) is 28.2 Å². The van der Waals surface area contributed by atoms with Crippen molar-refractivity contribution in [1.29, 1.82) is 0 Å². The molecule has 0 bridgehead atoms. The largest absolute Gasteiger partial charge is 0.333 e. The predicted molar refractivity (Wildman–Crippen MR) is 53.7 cm³/mol. The molecular formula is C10H24N+. The van der Waals surface area contributed by atoms with Gasteiger partial charge in [-0.15, -0.1) is 6.58 Å². The van der Waals surface area contributed by atoms with E-state index in [2.05, 4.69) is 48.6 Å². The Morgan fingerprint density at radius 1 is 1.18 bits per heavy atom. The second kappa shape index (κ2) is 6.41. The molecule has 1 nitrogen and oxygen atoms in total. The molecule has 0 heterocycles. The van der Waals surface area contributed by atoms with Crippen LogP contribution in [-0.4, -0.2) is 32.7 Å². The zero-order chi connectivity index (χ0) is 9.49. The van der Waals surface area contributed by atoms with Crippen molar-refractivity contribution in [2.45, 2.75) is 26.7 Å². The van der Waals surface area contributed by atoms with E-state index in [4.69, 9.17) is 0 Å². The highest BCUT2D eigenvalue weighted by atomic mass is 15.2. The Kier molecular flexibility index (Phi) is 7.75. The van der Waals surface area contributed by atoms with Crippen molar-refractivity contribution in [1.82, 2.24) is 0 Å². The van der Waals surface area contributed by atoms with Crippen LogP contribution < -0.4 is 0 Å². The fourth-order valence-electron chi connectivity index (χ4n) is 0.427. The van der Waals surface area contributed by atoms with E-state index in [0.29, 0.717) is 0 Å². The van der Waals surface area contributed by atoms with Crippen LogP contribution in [0, 0.1) is 0 Å². The molecule has 0 radical (unpaired) electrons. The first-order chi connectivity index (χ1) is 4.77. The van der Waals surface area contributed by atoms with Gasteiger partial charge < -0.3 is 4.48 Å². The molecule has 0 aromatic carbocycles. The van der Waals surface area contributed by atoms with Crippen LogP contribution in [-0.2, 0) is 0 Å². The SMILES string of the molecule is C=C(C)CCC.C[N+](C)(C)C. The lowest BCUT2D eigenvalue weighted by Crippen LogP contribution is -2.27. The molecule has 0 aromatic rings. The number of hydrogen-bond donors (Lipinski definition) is 0. The molecule has 0 aliphatic rings. The Hall–Kier alpha value is -0.300. The van der Waals surface area contributed by atoms with Gasteiger partial charge in [0, 0.05) is 0 Å². The smallest absolute Gasteiger partial charge is 0.0675 e. The predicted octanol–water partition coefficient (Wildman–Crippen LogP) is 2.69. The highest BCUT2D eigenvalue weighted by Gasteiger charge is 1.88. The maximum absolute atomic E-state index is 3.74. The highest BCUT2D eigenvalue weighted by Crippen LogP contribution is 1.96. The van der Waals surface area contributed by atoms with Gasteiger partial charge in [-0.25, -0.2) is 0 Å². The van der Waals surface area contributed by atoms with Gasteiger partial charge in [-0.05, 0) is 13.3 Å². The normalized spacial score (nSPS) is 10.0. The summed E-state index contributed by atoms with van der Waals surface area (Å²) in [7, 11) is 8.50. The molecule has 0 atom stereocenters. The first kappa shape index (κ1) is 13.3. The summed E-state index contributed by atoms with van der Waals surface area (Å²) in [4.78, 5) is 0. The number of rotatable bonds is 2. The highest BCUT2D eigenvalue weighted by molar-refractivity contribution is 4.86. The third-order valence-corrected chi connectivity index (χ3v) is 0.677. The van der Waals surface area contributed by atoms with Gasteiger partial charge in [0.15, 0.2) is 0 Å². The van der Waals surface area contributed by atoms with E-state index in [0.717, 1.165) is 4.48 Å². The Morgan fingerprint density at radius 2 is 1.45 bits per heavy atom. The average Bonchev–Trinajstić information content (AvgIpc) is 1.58. The molecule has 1 heteroatoms. The zero-order valence-corrected chi connectivity index (χ0v) is 9.07. The van der Waals surface area contributed by atoms with Crippen molar-refractivity contribution in [2.24, 2.45) is 0 Å². The topological polar surface area (TPSA) is 0 Å². The summed E-state index contributed by atoms with van der Waals surface area (Å²) in [5.41, 5.74) is 1.29. The van der Waals surface area contributed by atoms with E-state index < -0.39 is 0 Å². The molecule has 0 aromatic heterocycles. The van der Waals surface area contributed by atoms with Crippen LogP contribution in [0.5, 0.6) is 0 Å². The van der Waals surface area contributed by atoms with E-state index in [9.17, 15) is 0 Å². The lowest BCUT2D eigenvalue weighted by atomic mass is 10.2. The minimum Gasteiger partial charge on any atom is -0.333 e. The summed E-state index contributed by atoms with van der Waals surface area (Å²) in [5, 5.41) is 0. The summed E-state index contributed by atoms with van der Waals surface area (Å²) in [5.74, 6) is 0. The molecule has 0 spiro atoms. The van der Waals surface area contributed by atoms with Crippen LogP contribution in [0.2, 0.25) is 0 Å². The summed E-state index contributed by atoms with van der Waals surface area (Å²) < 4.78 is 1.00. The van der Waals surface area contributed by atoms with Crippen molar-refractivity contribution >= 4 is 0 Å². The molecule has 0 amide bonds. The molecule has 0 N–H and O–H groups in total. The van der Waals surface area contributed by atoms with Gasteiger partial charge >= 0.3 is 0 Å². The van der Waals surface area contributed by atoms with E-state index >= 15 is 0 Å². The van der Waals surface area contributed by atoms with Gasteiger partial charge in [0.25, 0.3) is 0 Å². The van der Waals surface area contributed by atoms with Gasteiger partial charge in [0.1, 0.15) is 0 Å². The Labute approximate surface area is 72.3 Å². The van der Waals surface area contributed by atoms with Gasteiger partial charge in [-0.2, -0.15) is 0 Å². The fraction of sp³-hybridized carbons (Fsp3) is 0.800. The van der Waals surface area contributed by atoms with Gasteiger partial charge in [-0.1, -0.05) is 18.9 Å². The Balaban J connectivity index is 0. The van der Waals surface area contributed by atoms with Gasteiger partial charge in [0.2, 0.25) is 0 Å². The van der Waals surface area contributed by atoms with Crippen LogP contribution in [0.3, 0.4) is 0 Å². The number of hydrogen-bond acceptors (Lipinski definition) is 0. The van der Waals surface area contributed by atoms with Crippen LogP contribution in [0.15, 0.2) is 12.2 Å². The minimum absolute atomic E-state index is 1.00. The summed E-state index contributed by atoms with van der Waals surface area (Å²) >= 11 is 0. The second-order valence-corrected chi connectivity index (χ2v) is 4.39. The van der Waals surface area contributed by atoms with Crippen LogP contribution in [0.1, 0.15) is 26.7 Å². The van der Waals surface area contributed by atoms with E-state index in [1.54, 1.807) is 0 Å². The van der Waals surface area contributed by atoms with Crippen LogP contribution >= 0.6 is 0 Å². The fourth-order valence-corrected chi connectivity index (χ4v) is 0.427. The Bertz CT molecular complexity index is 91.9. The first-order valence-electron chi connectivity index (χ1n) is 4.20. The molecule has 0 saturated carbocycles. The summed E-state index contributed by atoms with van der Waals surface area (Å²) in [6, 6.07) is 0. The third kappa shape index (κ3) is 78.9. The molecule has 0 unspecified atom stereocenters. The van der Waals surface area contributed by atoms with Gasteiger partial charge in [-0.3, -0.25) is 0 Å². The molecule has 0 rings (SSSR count). The average molecular weight is 158 g/mol. The van der Waals surface area contributed by atoms with Crippen molar-refractivity contribution in [3.8, 4) is 0 Å². The number of nitrogens with zero attached hydrogens (tertiary/aromatic N) is 1. The molecule has 11 heavy (non-hydrogen) atoms. The second-order valence-electron chi connectivity index (χ2n) is 4.39. The van der Waals surface area contributed by atoms with E-state index in [1.165, 1.54) is 18.4 Å². The van der Waals surface area contributed by atoms with Crippen molar-refractivity contribution in [3.63, 3.8) is 0 Å². The molecule has 68 valence electrons. The maximum Gasteiger partial charge on any atom is 0.0675 e. The number of quaternary nitrogens is 1. The molecular weight excluding hydrogens is 134 g/mol. The molecule has 0 aliphatic carbocycles. The Morgan fingerprint density at radius 3 is 1.45 bits per heavy atom. The molecule has 0 fully saturated rings. The number of allylic oxidation sites excluding steroid dienone is 1. The summed E-state index contributed by atoms with van der Waals surface area (Å²) in [6.07, 6.45) is 2.41. The first-order valence-corrected chi connectivity index (χ1v) is 4.20. The standard InChI is InChI=1S/C6H12.C4H12N/c1-4-5-6(2)3;1-5(2,3)4/h2,4-5H2,1,3H3;1-4H3/q;+1. The lowest BCUT2D eigenvalue weighted by molar-refractivity contribution is -0.849. The van der Waals surface area contributed by atoms with E-state index in [-0.39, 0.29) is 0 Å². The third-order valence-electron chi connectivity index (χ3n) is 0.677. The van der Waals surface area contributed by atoms with Gasteiger partial charge in [0.05, 0.1) is 28.2 Å². The zero-order valence-electron chi connectivity index (χ0n) is 9.07. The molecule has 0 aliphatic heterocycles. The quantitative estimate of drug-likeness (QED) is 0.428.